The van der Waals surface area contributed by atoms with Crippen molar-refractivity contribution in [1.82, 2.24) is 9.62 Å². The summed E-state index contributed by atoms with van der Waals surface area (Å²) in [4.78, 5) is 2.47. The summed E-state index contributed by atoms with van der Waals surface area (Å²) in [5.41, 5.74) is 6.04. The molecule has 0 spiro atoms. The van der Waals surface area contributed by atoms with Gasteiger partial charge >= 0.3 is 0 Å². The number of nitrogens with zero attached hydrogens (tertiary/aromatic N) is 1. The van der Waals surface area contributed by atoms with Crippen molar-refractivity contribution in [3.05, 3.63) is 22.7 Å². The topological polar surface area (TPSA) is 75.4 Å². The molecule has 1 fully saturated rings. The molecule has 0 bridgehead atoms. The maximum absolute atomic E-state index is 12.3. The van der Waals surface area contributed by atoms with Gasteiger partial charge in [-0.15, -0.1) is 0 Å². The molecule has 0 radical (unpaired) electrons. The summed E-state index contributed by atoms with van der Waals surface area (Å²) in [6.45, 7) is 5.60. The van der Waals surface area contributed by atoms with Crippen LogP contribution in [0.25, 0.3) is 0 Å². The number of nitrogens with one attached hydrogen (secondary N) is 1. The van der Waals surface area contributed by atoms with Crippen molar-refractivity contribution < 1.29 is 8.42 Å². The third-order valence-electron chi connectivity index (χ3n) is 3.64. The molecule has 1 saturated heterocycles. The maximum Gasteiger partial charge on any atom is 0.242 e. The molecule has 0 saturated carbocycles. The summed E-state index contributed by atoms with van der Waals surface area (Å²) in [6, 6.07) is 4.80. The van der Waals surface area contributed by atoms with E-state index in [1.54, 1.807) is 12.1 Å². The van der Waals surface area contributed by atoms with Crippen molar-refractivity contribution in [2.75, 3.05) is 31.9 Å². The highest BCUT2D eigenvalue weighted by Gasteiger charge is 2.24. The number of anilines is 1. The number of sulfonamides is 1. The van der Waals surface area contributed by atoms with E-state index in [1.165, 1.54) is 6.07 Å². The molecular formula is C13H20BrN3O2S. The number of likely N-dealkylation sites (tertiary alicyclic amines) is 1. The van der Waals surface area contributed by atoms with Crippen LogP contribution in [0.1, 0.15) is 13.3 Å². The molecule has 3 N–H and O–H groups in total. The molecule has 112 valence electrons. The van der Waals surface area contributed by atoms with Gasteiger partial charge in [-0.3, -0.25) is 0 Å². The lowest BCUT2D eigenvalue weighted by Crippen LogP contribution is -2.31. The number of nitrogens with two attached hydrogens (primary N) is 1. The molecule has 5 nitrogen and oxygen atoms in total. The normalized spacial score (nSPS) is 20.4. The van der Waals surface area contributed by atoms with Crippen LogP contribution in [-0.2, 0) is 10.0 Å². The van der Waals surface area contributed by atoms with Crippen molar-refractivity contribution >= 4 is 31.6 Å². The smallest absolute Gasteiger partial charge is 0.242 e. The Morgan fingerprint density at radius 2 is 2.25 bits per heavy atom. The summed E-state index contributed by atoms with van der Waals surface area (Å²) < 4.78 is 27.9. The zero-order valence-electron chi connectivity index (χ0n) is 11.5. The molecule has 0 aliphatic carbocycles. The highest BCUT2D eigenvalue weighted by molar-refractivity contribution is 9.10. The van der Waals surface area contributed by atoms with Crippen LogP contribution in [0.4, 0.5) is 5.69 Å². The number of hydrogen-bond acceptors (Lipinski definition) is 4. The van der Waals surface area contributed by atoms with Gasteiger partial charge in [0.25, 0.3) is 0 Å². The van der Waals surface area contributed by atoms with Crippen molar-refractivity contribution in [3.8, 4) is 0 Å². The maximum atomic E-state index is 12.3. The van der Waals surface area contributed by atoms with Crippen LogP contribution in [0.3, 0.4) is 0 Å². The van der Waals surface area contributed by atoms with Gasteiger partial charge in [-0.2, -0.15) is 0 Å². The highest BCUT2D eigenvalue weighted by atomic mass is 79.9. The average Bonchev–Trinajstić information content (AvgIpc) is 2.84. The van der Waals surface area contributed by atoms with Gasteiger partial charge in [0.05, 0.1) is 5.69 Å². The van der Waals surface area contributed by atoms with E-state index in [-0.39, 0.29) is 10.6 Å². The van der Waals surface area contributed by atoms with Crippen molar-refractivity contribution in [2.24, 2.45) is 5.92 Å². The zero-order chi connectivity index (χ0) is 14.8. The summed E-state index contributed by atoms with van der Waals surface area (Å²) >= 11 is 3.27. The molecule has 1 atom stereocenters. The van der Waals surface area contributed by atoms with Gasteiger partial charge in [-0.25, -0.2) is 13.1 Å². The van der Waals surface area contributed by atoms with E-state index in [0.717, 1.165) is 30.5 Å². The minimum absolute atomic E-state index is 0.144. The van der Waals surface area contributed by atoms with E-state index in [0.29, 0.717) is 12.5 Å². The van der Waals surface area contributed by atoms with Gasteiger partial charge in [-0.05, 0) is 43.6 Å². The summed E-state index contributed by atoms with van der Waals surface area (Å²) in [5.74, 6) is 0.376. The molecule has 1 aliphatic heterocycles. The van der Waals surface area contributed by atoms with Crippen LogP contribution in [0.2, 0.25) is 0 Å². The molecule has 0 aromatic heterocycles. The van der Waals surface area contributed by atoms with Crippen LogP contribution in [0, 0.1) is 5.92 Å². The minimum Gasteiger partial charge on any atom is -0.398 e. The Morgan fingerprint density at radius 3 is 2.85 bits per heavy atom. The van der Waals surface area contributed by atoms with Gasteiger partial charge in [0, 0.05) is 17.6 Å². The molecule has 1 heterocycles. The Labute approximate surface area is 128 Å². The van der Waals surface area contributed by atoms with E-state index in [1.807, 2.05) is 0 Å². The summed E-state index contributed by atoms with van der Waals surface area (Å²) in [5, 5.41) is 0. The van der Waals surface area contributed by atoms with Crippen LogP contribution >= 0.6 is 15.9 Å². The lowest BCUT2D eigenvalue weighted by Gasteiger charge is -2.14. The predicted octanol–water partition coefficient (Wildman–Crippen LogP) is 1.65. The lowest BCUT2D eigenvalue weighted by molar-refractivity contribution is 0.342. The van der Waals surface area contributed by atoms with E-state index < -0.39 is 10.0 Å². The third kappa shape index (κ3) is 3.72. The molecule has 0 amide bonds. The first kappa shape index (κ1) is 15.8. The second-order valence-electron chi connectivity index (χ2n) is 5.08. The number of nitrogen functional groups attached to an aromatic ring is 1. The molecule has 1 unspecified atom stereocenters. The monoisotopic (exact) mass is 361 g/mol. The summed E-state index contributed by atoms with van der Waals surface area (Å²) in [7, 11) is -3.53. The molecule has 1 aliphatic rings. The average molecular weight is 362 g/mol. The van der Waals surface area contributed by atoms with Gasteiger partial charge < -0.3 is 10.6 Å². The van der Waals surface area contributed by atoms with Crippen molar-refractivity contribution in [2.45, 2.75) is 18.2 Å². The fraction of sp³-hybridized carbons (Fsp3) is 0.538. The number of benzene rings is 1. The Balaban J connectivity index is 2.01. The minimum atomic E-state index is -3.53. The SMILES string of the molecule is CCN1CCC(CNS(=O)(=O)c2ccc(Br)cc2N)C1. The van der Waals surface area contributed by atoms with Crippen LogP contribution in [-0.4, -0.2) is 39.5 Å². The fourth-order valence-electron chi connectivity index (χ4n) is 2.44. The first-order valence-electron chi connectivity index (χ1n) is 6.69. The highest BCUT2D eigenvalue weighted by Crippen LogP contribution is 2.23. The zero-order valence-corrected chi connectivity index (χ0v) is 13.9. The molecular weight excluding hydrogens is 342 g/mol. The van der Waals surface area contributed by atoms with Gasteiger partial charge in [-0.1, -0.05) is 22.9 Å². The van der Waals surface area contributed by atoms with E-state index in [2.05, 4.69) is 32.5 Å². The quantitative estimate of drug-likeness (QED) is 0.781. The van der Waals surface area contributed by atoms with E-state index >= 15 is 0 Å². The Hall–Kier alpha value is -0.630. The number of hydrogen-bond donors (Lipinski definition) is 2. The largest absolute Gasteiger partial charge is 0.398 e. The first-order valence-corrected chi connectivity index (χ1v) is 8.97. The number of halogens is 1. The van der Waals surface area contributed by atoms with Gasteiger partial charge in [0.1, 0.15) is 4.90 Å². The number of rotatable bonds is 5. The van der Waals surface area contributed by atoms with E-state index in [9.17, 15) is 8.42 Å². The molecule has 1 aromatic rings. The van der Waals surface area contributed by atoms with Crippen LogP contribution in [0.5, 0.6) is 0 Å². The van der Waals surface area contributed by atoms with Crippen LogP contribution < -0.4 is 10.5 Å². The lowest BCUT2D eigenvalue weighted by atomic mass is 10.1. The first-order chi connectivity index (χ1) is 9.42. The molecule has 2 rings (SSSR count). The molecule has 20 heavy (non-hydrogen) atoms. The third-order valence-corrected chi connectivity index (χ3v) is 5.63. The van der Waals surface area contributed by atoms with Crippen molar-refractivity contribution in [1.29, 1.82) is 0 Å². The second kappa shape index (κ2) is 6.43. The van der Waals surface area contributed by atoms with Gasteiger partial charge in [0.2, 0.25) is 10.0 Å². The molecule has 1 aromatic carbocycles. The van der Waals surface area contributed by atoms with Crippen LogP contribution in [0.15, 0.2) is 27.6 Å². The van der Waals surface area contributed by atoms with Gasteiger partial charge in [0.15, 0.2) is 0 Å². The Kier molecular flexibility index (Phi) is 5.06. The van der Waals surface area contributed by atoms with E-state index in [4.69, 9.17) is 5.73 Å². The summed E-state index contributed by atoms with van der Waals surface area (Å²) in [6.07, 6.45) is 1.03. The Morgan fingerprint density at radius 1 is 1.50 bits per heavy atom. The second-order valence-corrected chi connectivity index (χ2v) is 7.73. The predicted molar refractivity (Wildman–Crippen MR) is 84.0 cm³/mol. The Bertz CT molecular complexity index is 577. The standard InChI is InChI=1S/C13H20BrN3O2S/c1-2-17-6-5-10(9-17)8-16-20(18,19)13-4-3-11(14)7-12(13)15/h3-4,7,10,16H,2,5-6,8-9,15H2,1H3. The fourth-order valence-corrected chi connectivity index (χ4v) is 4.04. The van der Waals surface area contributed by atoms with Crippen molar-refractivity contribution in [3.63, 3.8) is 0 Å². The molecule has 7 heteroatoms.